The van der Waals surface area contributed by atoms with Crippen LogP contribution in [0.25, 0.3) is 72.0 Å². The van der Waals surface area contributed by atoms with Crippen molar-refractivity contribution in [1.29, 1.82) is 0 Å². The average molecular weight is 1020 g/mol. The molecule has 0 fully saturated rings. The van der Waals surface area contributed by atoms with Crippen molar-refractivity contribution >= 4 is 21.8 Å². The molecule has 7 aromatic carbocycles. The van der Waals surface area contributed by atoms with E-state index in [2.05, 4.69) is 186 Å². The molecule has 0 aliphatic heterocycles. The molecule has 77 heavy (non-hydrogen) atoms. The maximum absolute atomic E-state index is 2.69. The summed E-state index contributed by atoms with van der Waals surface area (Å²) in [5.41, 5.74) is 23.6. The number of hydrogen-bond donors (Lipinski definition) is 0. The predicted molar refractivity (Wildman–Crippen MR) is 340 cm³/mol. The van der Waals surface area contributed by atoms with Gasteiger partial charge in [0.2, 0.25) is 0 Å². The van der Waals surface area contributed by atoms with Crippen molar-refractivity contribution in [2.45, 2.75) is 221 Å². The Morgan fingerprint density at radius 1 is 0.286 bits per heavy atom. The number of benzene rings is 7. The van der Waals surface area contributed by atoms with E-state index in [0.29, 0.717) is 0 Å². The summed E-state index contributed by atoms with van der Waals surface area (Å²) in [6.45, 7) is 13.9. The largest absolute Gasteiger partial charge is 0.309 e. The fraction of sp³-hybridized carbons (Fsp3) is 0.447. The van der Waals surface area contributed by atoms with Crippen molar-refractivity contribution in [3.63, 3.8) is 0 Å². The molecule has 0 saturated heterocycles. The summed E-state index contributed by atoms with van der Waals surface area (Å²) in [5.74, 6) is 0. The molecule has 0 saturated carbocycles. The van der Waals surface area contributed by atoms with Crippen molar-refractivity contribution in [2.24, 2.45) is 0 Å². The van der Waals surface area contributed by atoms with Crippen LogP contribution in [0.1, 0.15) is 215 Å². The van der Waals surface area contributed by atoms with E-state index in [9.17, 15) is 0 Å². The molecule has 1 heterocycles. The number of hydrogen-bond acceptors (Lipinski definition) is 0. The van der Waals surface area contributed by atoms with E-state index in [1.165, 1.54) is 259 Å². The first-order valence-electron chi connectivity index (χ1n) is 31.5. The number of unbranched alkanes of at least 4 members (excludes halogenated alkanes) is 20. The van der Waals surface area contributed by atoms with Gasteiger partial charge in [0.1, 0.15) is 0 Å². The Kier molecular flexibility index (Phi) is 22.8. The lowest BCUT2D eigenvalue weighted by atomic mass is 9.84. The van der Waals surface area contributed by atoms with E-state index in [1.807, 2.05) is 0 Å². The molecular formula is C76H97N. The fourth-order valence-electron chi connectivity index (χ4n) is 12.4. The SMILES string of the molecule is CCCCCCCCc1cc(-c2cc(-c3cc(CCCCCCCC)c(-c4ccc(-c5ccc(C)cc5)cc4)cc3CCCCCCCC)cc(-n3c4ccccc4c4ccccc43)c2)c(CCCCCCCC)cc1C. The van der Waals surface area contributed by atoms with Crippen molar-refractivity contribution in [3.05, 3.63) is 173 Å². The second-order valence-corrected chi connectivity index (χ2v) is 23.3. The van der Waals surface area contributed by atoms with Gasteiger partial charge in [0.25, 0.3) is 0 Å². The van der Waals surface area contributed by atoms with Crippen LogP contribution < -0.4 is 0 Å². The van der Waals surface area contributed by atoms with Gasteiger partial charge in [0, 0.05) is 16.5 Å². The van der Waals surface area contributed by atoms with Gasteiger partial charge in [-0.15, -0.1) is 0 Å². The van der Waals surface area contributed by atoms with Gasteiger partial charge < -0.3 is 4.57 Å². The minimum atomic E-state index is 1.08. The monoisotopic (exact) mass is 1020 g/mol. The molecular weight excluding hydrogens is 927 g/mol. The Balaban J connectivity index is 1.32. The lowest BCUT2D eigenvalue weighted by Gasteiger charge is -2.21. The number of aryl methyl sites for hydroxylation is 6. The van der Waals surface area contributed by atoms with Gasteiger partial charge in [-0.05, 0) is 168 Å². The molecule has 0 N–H and O–H groups in total. The second-order valence-electron chi connectivity index (χ2n) is 23.3. The minimum absolute atomic E-state index is 1.08. The Morgan fingerprint density at radius 2 is 0.623 bits per heavy atom. The Hall–Kier alpha value is -5.66. The number of fused-ring (bicyclic) bond motifs is 3. The lowest BCUT2D eigenvalue weighted by molar-refractivity contribution is 0.605. The van der Waals surface area contributed by atoms with Crippen molar-refractivity contribution in [3.8, 4) is 50.2 Å². The van der Waals surface area contributed by atoms with Crippen LogP contribution in [0, 0.1) is 13.8 Å². The third-order valence-corrected chi connectivity index (χ3v) is 17.0. The molecule has 1 heteroatoms. The van der Waals surface area contributed by atoms with E-state index >= 15 is 0 Å². The molecule has 1 nitrogen and oxygen atoms in total. The van der Waals surface area contributed by atoms with E-state index in [4.69, 9.17) is 0 Å². The van der Waals surface area contributed by atoms with Gasteiger partial charge in [-0.2, -0.15) is 0 Å². The van der Waals surface area contributed by atoms with Gasteiger partial charge >= 0.3 is 0 Å². The molecule has 406 valence electrons. The summed E-state index contributed by atoms with van der Waals surface area (Å²) in [4.78, 5) is 0. The third-order valence-electron chi connectivity index (χ3n) is 17.0. The third kappa shape index (κ3) is 15.8. The maximum atomic E-state index is 2.69. The predicted octanol–water partition coefficient (Wildman–Crippen LogP) is 23.7. The minimum Gasteiger partial charge on any atom is -0.309 e. The normalized spacial score (nSPS) is 11.7. The van der Waals surface area contributed by atoms with Crippen LogP contribution in [-0.2, 0) is 25.7 Å². The van der Waals surface area contributed by atoms with E-state index < -0.39 is 0 Å². The smallest absolute Gasteiger partial charge is 0.0541 e. The number of rotatable bonds is 33. The Morgan fingerprint density at radius 3 is 1.06 bits per heavy atom. The highest BCUT2D eigenvalue weighted by Crippen LogP contribution is 2.42. The van der Waals surface area contributed by atoms with Crippen LogP contribution in [0.5, 0.6) is 0 Å². The van der Waals surface area contributed by atoms with Gasteiger partial charge in [-0.25, -0.2) is 0 Å². The first kappa shape index (κ1) is 57.5. The molecule has 0 aliphatic rings. The van der Waals surface area contributed by atoms with Gasteiger partial charge in [0.05, 0.1) is 11.0 Å². The van der Waals surface area contributed by atoms with Crippen LogP contribution in [0.2, 0.25) is 0 Å². The highest BCUT2D eigenvalue weighted by Gasteiger charge is 2.20. The lowest BCUT2D eigenvalue weighted by Crippen LogP contribution is -2.02. The molecule has 8 aromatic rings. The number of nitrogens with zero attached hydrogens (tertiary/aromatic N) is 1. The van der Waals surface area contributed by atoms with Crippen LogP contribution in [0.3, 0.4) is 0 Å². The zero-order valence-electron chi connectivity index (χ0n) is 49.0. The maximum Gasteiger partial charge on any atom is 0.0541 e. The topological polar surface area (TPSA) is 4.93 Å². The summed E-state index contributed by atoms with van der Waals surface area (Å²) < 4.78 is 2.59. The van der Waals surface area contributed by atoms with Crippen LogP contribution in [-0.4, -0.2) is 4.57 Å². The van der Waals surface area contributed by atoms with E-state index in [0.717, 1.165) is 25.7 Å². The number of para-hydroxylation sites is 2. The number of aromatic nitrogens is 1. The van der Waals surface area contributed by atoms with Gasteiger partial charge in [-0.3, -0.25) is 0 Å². The first-order valence-corrected chi connectivity index (χ1v) is 31.5. The quantitative estimate of drug-likeness (QED) is 0.0362. The Labute approximate surface area is 468 Å². The van der Waals surface area contributed by atoms with Gasteiger partial charge in [-0.1, -0.05) is 271 Å². The van der Waals surface area contributed by atoms with Gasteiger partial charge in [0.15, 0.2) is 0 Å². The van der Waals surface area contributed by atoms with Crippen molar-refractivity contribution in [2.75, 3.05) is 0 Å². The summed E-state index contributed by atoms with van der Waals surface area (Å²) in [7, 11) is 0. The highest BCUT2D eigenvalue weighted by atomic mass is 15.0. The average Bonchev–Trinajstić information content (AvgIpc) is 3.89. The standard InChI is InChI=1S/C76H97N/c1-7-11-15-19-23-27-35-63-55-73(64(51-59(63)6)36-28-24-20-16-12-8-2)67-52-68(54-69(53-67)77-75-41-33-31-39-70(75)71-40-32-34-42-76(71)77)74-57-65(37-29-25-21-17-13-9-3)72(56-66(74)38-30-26-22-18-14-10-4)62-49-47-61(48-50-62)60-45-43-58(5)44-46-60/h31-34,39-57H,7-30,35-38H2,1-6H3. The van der Waals surface area contributed by atoms with E-state index in [1.54, 1.807) is 0 Å². The summed E-state index contributed by atoms with van der Waals surface area (Å²) in [5, 5.41) is 2.64. The highest BCUT2D eigenvalue weighted by molar-refractivity contribution is 6.09. The molecule has 0 bridgehead atoms. The molecule has 0 atom stereocenters. The molecule has 0 radical (unpaired) electrons. The van der Waals surface area contributed by atoms with Crippen molar-refractivity contribution < 1.29 is 0 Å². The molecule has 0 aliphatic carbocycles. The summed E-state index contributed by atoms with van der Waals surface area (Å²) >= 11 is 0. The molecule has 8 rings (SSSR count). The zero-order valence-corrected chi connectivity index (χ0v) is 49.0. The Bertz CT molecular complexity index is 2980. The van der Waals surface area contributed by atoms with Crippen LogP contribution in [0.4, 0.5) is 0 Å². The summed E-state index contributed by atoms with van der Waals surface area (Å²) in [6.07, 6.45) is 35.8. The first-order chi connectivity index (χ1) is 37.9. The molecule has 0 unspecified atom stereocenters. The fourth-order valence-corrected chi connectivity index (χ4v) is 12.4. The summed E-state index contributed by atoms with van der Waals surface area (Å²) in [6, 6.07) is 55.2. The second kappa shape index (κ2) is 30.5. The van der Waals surface area contributed by atoms with Crippen LogP contribution in [0.15, 0.2) is 140 Å². The molecule has 1 aromatic heterocycles. The zero-order chi connectivity index (χ0) is 53.6. The van der Waals surface area contributed by atoms with E-state index in [-0.39, 0.29) is 0 Å². The molecule has 0 spiro atoms. The van der Waals surface area contributed by atoms with Crippen molar-refractivity contribution in [1.82, 2.24) is 4.57 Å². The molecule has 0 amide bonds. The van der Waals surface area contributed by atoms with Crippen LogP contribution >= 0.6 is 0 Å².